The van der Waals surface area contributed by atoms with Gasteiger partial charge in [0, 0.05) is 13.0 Å². The zero-order chi connectivity index (χ0) is 20.4. The Morgan fingerprint density at radius 1 is 1.12 bits per heavy atom. The molecule has 0 radical (unpaired) electrons. The Morgan fingerprint density at radius 2 is 1.73 bits per heavy atom. The quantitative estimate of drug-likeness (QED) is 0.157. The van der Waals surface area contributed by atoms with E-state index in [1.54, 1.807) is 20.8 Å². The summed E-state index contributed by atoms with van der Waals surface area (Å²) in [5.41, 5.74) is 2.31. The van der Waals surface area contributed by atoms with Gasteiger partial charge in [-0.15, -0.1) is 0 Å². The fourth-order valence-corrected chi connectivity index (χ4v) is 2.22. The normalized spacial score (nSPS) is 13.4. The van der Waals surface area contributed by atoms with Gasteiger partial charge in [0.1, 0.15) is 5.60 Å². The van der Waals surface area contributed by atoms with Gasteiger partial charge in [0.25, 0.3) is 0 Å². The zero-order valence-corrected chi connectivity index (χ0v) is 17.0. The number of esters is 1. The Morgan fingerprint density at radius 3 is 2.19 bits per heavy atom. The van der Waals surface area contributed by atoms with E-state index in [2.05, 4.69) is 26.6 Å². The summed E-state index contributed by atoms with van der Waals surface area (Å²) in [7, 11) is 0. The van der Waals surface area contributed by atoms with Gasteiger partial charge in [-0.2, -0.15) is 0 Å². The number of amides is 2. The van der Waals surface area contributed by atoms with Gasteiger partial charge in [-0.05, 0) is 46.6 Å². The maximum Gasteiger partial charge on any atom is 0.344 e. The first-order valence-electron chi connectivity index (χ1n) is 8.29. The number of nitrogens with one attached hydrogen (secondary N) is 2. The molecule has 26 heavy (non-hydrogen) atoms. The van der Waals surface area contributed by atoms with Crippen LogP contribution in [-0.2, 0) is 23.9 Å². The van der Waals surface area contributed by atoms with Gasteiger partial charge in [0.2, 0.25) is 17.4 Å². The number of hydrogen-bond donors (Lipinski definition) is 4. The van der Waals surface area contributed by atoms with E-state index in [1.165, 1.54) is 0 Å². The number of halogens is 1. The molecule has 0 saturated heterocycles. The molecule has 0 rings (SSSR count). The molecule has 0 aliphatic carbocycles. The molecule has 0 aromatic heterocycles. The van der Waals surface area contributed by atoms with Crippen molar-refractivity contribution in [3.05, 3.63) is 0 Å². The maximum atomic E-state index is 12.6. The van der Waals surface area contributed by atoms with Crippen molar-refractivity contribution in [1.29, 1.82) is 0 Å². The predicted molar refractivity (Wildman–Crippen MR) is 98.7 cm³/mol. The van der Waals surface area contributed by atoms with Crippen LogP contribution >= 0.6 is 15.9 Å². The molecular formula is C16H28BrN3O6. The number of unbranched alkanes of at least 4 members (excludes halogenated alkanes) is 1. The zero-order valence-electron chi connectivity index (χ0n) is 15.4. The van der Waals surface area contributed by atoms with Crippen molar-refractivity contribution >= 4 is 39.7 Å². The van der Waals surface area contributed by atoms with Gasteiger partial charge in [-0.3, -0.25) is 9.59 Å². The topological polar surface area (TPSA) is 148 Å². The van der Waals surface area contributed by atoms with Crippen LogP contribution < -0.4 is 16.4 Å². The molecular weight excluding hydrogens is 410 g/mol. The highest BCUT2D eigenvalue weighted by molar-refractivity contribution is 9.09. The molecule has 9 nitrogen and oxygen atoms in total. The summed E-state index contributed by atoms with van der Waals surface area (Å²) < 4.78 is 5.21. The van der Waals surface area contributed by atoms with Crippen LogP contribution in [0.1, 0.15) is 46.5 Å². The molecule has 2 amide bonds. The Labute approximate surface area is 161 Å². The lowest BCUT2D eigenvalue weighted by Crippen LogP contribution is -2.62. The summed E-state index contributed by atoms with van der Waals surface area (Å²) in [5, 5.41) is 14.5. The molecule has 150 valence electrons. The number of hydrogen-bond acceptors (Lipinski definition) is 6. The fourth-order valence-electron chi connectivity index (χ4n) is 2.03. The summed E-state index contributed by atoms with van der Waals surface area (Å²) in [6.45, 7) is 5.17. The van der Waals surface area contributed by atoms with Gasteiger partial charge >= 0.3 is 11.9 Å². The second-order valence-electron chi connectivity index (χ2n) is 6.74. The van der Waals surface area contributed by atoms with Crippen molar-refractivity contribution in [2.45, 2.75) is 57.6 Å². The number of rotatable bonds is 11. The van der Waals surface area contributed by atoms with Gasteiger partial charge in [-0.25, -0.2) is 9.59 Å². The molecule has 0 fully saturated rings. The van der Waals surface area contributed by atoms with E-state index >= 15 is 0 Å². The summed E-state index contributed by atoms with van der Waals surface area (Å²) >= 11 is 2.97. The number of alkyl halides is 1. The maximum absolute atomic E-state index is 12.6. The Bertz CT molecular complexity index is 521. The van der Waals surface area contributed by atoms with Crippen LogP contribution in [0.15, 0.2) is 0 Å². The molecule has 0 aromatic rings. The molecule has 0 heterocycles. The molecule has 5 N–H and O–H groups in total. The largest absolute Gasteiger partial charge is 0.479 e. The fraction of sp³-hybridized carbons (Fsp3) is 0.750. The van der Waals surface area contributed by atoms with E-state index in [0.717, 1.165) is 0 Å². The summed E-state index contributed by atoms with van der Waals surface area (Å²) in [4.78, 5) is 47.8. The summed E-state index contributed by atoms with van der Waals surface area (Å²) in [5.74, 6) is -3.52. The van der Waals surface area contributed by atoms with Gasteiger partial charge in [0.15, 0.2) is 0 Å². The highest BCUT2D eigenvalue weighted by atomic mass is 79.9. The SMILES string of the molecule is CC(C)(C)OC(=O)[C@@](CCCCN)(NC(=O)CCNC(=O)CBr)C(=O)O. The lowest BCUT2D eigenvalue weighted by molar-refractivity contribution is -0.173. The van der Waals surface area contributed by atoms with Crippen LogP contribution in [0.2, 0.25) is 0 Å². The first kappa shape index (κ1) is 24.3. The minimum atomic E-state index is -2.20. The van der Waals surface area contributed by atoms with E-state index in [0.29, 0.717) is 19.4 Å². The first-order chi connectivity index (χ1) is 12.0. The van der Waals surface area contributed by atoms with Crippen LogP contribution in [-0.4, -0.2) is 58.4 Å². The van der Waals surface area contributed by atoms with E-state index in [4.69, 9.17) is 10.5 Å². The molecule has 10 heteroatoms. The Balaban J connectivity index is 5.27. The third-order valence-electron chi connectivity index (χ3n) is 3.27. The monoisotopic (exact) mass is 437 g/mol. The van der Waals surface area contributed by atoms with Crippen molar-refractivity contribution in [3.63, 3.8) is 0 Å². The molecule has 0 saturated carbocycles. The number of ether oxygens (including phenoxy) is 1. The highest BCUT2D eigenvalue weighted by Gasteiger charge is 2.49. The summed E-state index contributed by atoms with van der Waals surface area (Å²) in [6.07, 6.45) is 0.499. The number of carbonyl (C=O) groups excluding carboxylic acids is 3. The van der Waals surface area contributed by atoms with E-state index < -0.39 is 29.0 Å². The third-order valence-corrected chi connectivity index (χ3v) is 3.78. The number of nitrogens with two attached hydrogens (primary N) is 1. The van der Waals surface area contributed by atoms with Crippen molar-refractivity contribution in [1.82, 2.24) is 10.6 Å². The molecule has 0 aliphatic rings. The van der Waals surface area contributed by atoms with Gasteiger partial charge in [-0.1, -0.05) is 15.9 Å². The van der Waals surface area contributed by atoms with Crippen LogP contribution in [0.25, 0.3) is 0 Å². The number of carboxylic acids is 1. The Hall–Kier alpha value is -1.68. The first-order valence-corrected chi connectivity index (χ1v) is 9.41. The number of carbonyl (C=O) groups is 4. The standard InChI is InChI=1S/C16H28BrN3O6/c1-15(2,3)26-14(25)16(13(23)24,7-4-5-8-18)20-11(21)6-9-19-12(22)10-17/h4-10,18H2,1-3H3,(H,19,22)(H,20,21)(H,23,24)/t16-/m0/s1. The van der Waals surface area contributed by atoms with Gasteiger partial charge in [0.05, 0.1) is 5.33 Å². The average Bonchev–Trinajstić information content (AvgIpc) is 2.51. The predicted octanol–water partition coefficient (Wildman–Crippen LogP) is 0.298. The minimum Gasteiger partial charge on any atom is -0.479 e. The third kappa shape index (κ3) is 8.61. The lowest BCUT2D eigenvalue weighted by atomic mass is 9.91. The van der Waals surface area contributed by atoms with Crippen molar-refractivity contribution in [3.8, 4) is 0 Å². The lowest BCUT2D eigenvalue weighted by Gasteiger charge is -2.32. The summed E-state index contributed by atoms with van der Waals surface area (Å²) in [6, 6.07) is 0. The number of carboxylic acid groups (broad SMARTS) is 1. The molecule has 0 aliphatic heterocycles. The second kappa shape index (κ2) is 11.1. The minimum absolute atomic E-state index is 0.0169. The van der Waals surface area contributed by atoms with Crippen molar-refractivity contribution < 1.29 is 29.0 Å². The van der Waals surface area contributed by atoms with E-state index in [1.807, 2.05) is 0 Å². The molecule has 1 atom stereocenters. The second-order valence-corrected chi connectivity index (χ2v) is 7.30. The van der Waals surface area contributed by atoms with Crippen molar-refractivity contribution in [2.75, 3.05) is 18.4 Å². The molecule has 0 spiro atoms. The van der Waals surface area contributed by atoms with Crippen LogP contribution in [0.5, 0.6) is 0 Å². The van der Waals surface area contributed by atoms with Crippen LogP contribution in [0.4, 0.5) is 0 Å². The molecule has 0 unspecified atom stereocenters. The van der Waals surface area contributed by atoms with Crippen LogP contribution in [0, 0.1) is 0 Å². The van der Waals surface area contributed by atoms with Gasteiger partial charge < -0.3 is 26.2 Å². The van der Waals surface area contributed by atoms with Crippen LogP contribution in [0.3, 0.4) is 0 Å². The molecule has 0 aromatic carbocycles. The average molecular weight is 438 g/mol. The van der Waals surface area contributed by atoms with Crippen molar-refractivity contribution in [2.24, 2.45) is 5.73 Å². The molecule has 0 bridgehead atoms. The number of aliphatic carboxylic acids is 1. The highest BCUT2D eigenvalue weighted by Crippen LogP contribution is 2.21. The smallest absolute Gasteiger partial charge is 0.344 e. The van der Waals surface area contributed by atoms with E-state index in [9.17, 15) is 24.3 Å². The Kier molecular flexibility index (Phi) is 10.4. The van der Waals surface area contributed by atoms with E-state index in [-0.39, 0.29) is 30.6 Å².